The molecule has 0 saturated heterocycles. The van der Waals surface area contributed by atoms with Gasteiger partial charge in [0.15, 0.2) is 0 Å². The number of fused-ring (bicyclic) bond motifs is 2. The van der Waals surface area contributed by atoms with E-state index < -0.39 is 35.6 Å². The maximum Gasteiger partial charge on any atom is 0.375 e. The summed E-state index contributed by atoms with van der Waals surface area (Å²) in [6.45, 7) is 2.13. The van der Waals surface area contributed by atoms with Crippen molar-refractivity contribution < 1.29 is 24.2 Å². The number of Topliss-reactive ketones (excluding diaryl/α,β-unsaturated/α-hetero) is 1. The molecule has 0 spiro atoms. The zero-order valence-corrected chi connectivity index (χ0v) is 18.8. The zero-order chi connectivity index (χ0) is 23.4. The van der Waals surface area contributed by atoms with Crippen molar-refractivity contribution in [3.05, 3.63) is 65.7 Å². The number of hydrogen-bond donors (Lipinski definition) is 3. The van der Waals surface area contributed by atoms with E-state index >= 15 is 0 Å². The van der Waals surface area contributed by atoms with E-state index in [0.29, 0.717) is 6.54 Å². The van der Waals surface area contributed by atoms with E-state index in [-0.39, 0.29) is 18.6 Å². The Labute approximate surface area is 193 Å². The predicted molar refractivity (Wildman–Crippen MR) is 124 cm³/mol. The lowest BCUT2D eigenvalue weighted by Gasteiger charge is -2.46. The van der Waals surface area contributed by atoms with Crippen molar-refractivity contribution in [2.24, 2.45) is 5.92 Å². The molecule has 1 heterocycles. The molecule has 0 aromatic heterocycles. The Bertz CT molecular complexity index is 1020. The average Bonchev–Trinajstić information content (AvgIpc) is 3.29. The average molecular weight is 451 g/mol. The third-order valence-electron chi connectivity index (χ3n) is 6.92. The monoisotopic (exact) mass is 450 g/mol. The summed E-state index contributed by atoms with van der Waals surface area (Å²) in [6.07, 6.45) is 2.34. The van der Waals surface area contributed by atoms with E-state index in [1.807, 2.05) is 49.4 Å². The van der Waals surface area contributed by atoms with Gasteiger partial charge in [0.05, 0.1) is 0 Å². The molecule has 3 N–H and O–H groups in total. The number of anilines is 1. The van der Waals surface area contributed by atoms with Gasteiger partial charge in [-0.15, -0.1) is 0 Å². The smallest absolute Gasteiger partial charge is 0.375 e. The van der Waals surface area contributed by atoms with Crippen LogP contribution in [0.2, 0.25) is 0 Å². The lowest BCUT2D eigenvalue weighted by molar-refractivity contribution is -0.158. The first-order valence-corrected chi connectivity index (χ1v) is 11.5. The number of esters is 1. The van der Waals surface area contributed by atoms with Crippen LogP contribution in [-0.4, -0.2) is 41.0 Å². The molecule has 1 aliphatic carbocycles. The third kappa shape index (κ3) is 4.50. The quantitative estimate of drug-likeness (QED) is 0.397. The number of rotatable bonds is 9. The second kappa shape index (κ2) is 9.75. The molecule has 2 aromatic carbocycles. The summed E-state index contributed by atoms with van der Waals surface area (Å²) in [5.74, 6) is -3.37. The van der Waals surface area contributed by atoms with Gasteiger partial charge < -0.3 is 20.5 Å². The predicted octanol–water partition coefficient (Wildman–Crippen LogP) is 3.50. The van der Waals surface area contributed by atoms with Gasteiger partial charge in [-0.2, -0.15) is 0 Å². The largest absolute Gasteiger partial charge is 0.480 e. The summed E-state index contributed by atoms with van der Waals surface area (Å²) in [7, 11) is 0. The minimum absolute atomic E-state index is 0.0342. The maximum atomic E-state index is 13.0. The molecule has 4 rings (SSSR count). The van der Waals surface area contributed by atoms with Crippen molar-refractivity contribution >= 4 is 23.4 Å². The van der Waals surface area contributed by atoms with Crippen LogP contribution in [0.3, 0.4) is 0 Å². The highest BCUT2D eigenvalue weighted by atomic mass is 16.5. The van der Waals surface area contributed by atoms with Crippen LogP contribution in [0.25, 0.3) is 0 Å². The summed E-state index contributed by atoms with van der Waals surface area (Å²) >= 11 is 0. The van der Waals surface area contributed by atoms with Gasteiger partial charge in [0.1, 0.15) is 12.1 Å². The van der Waals surface area contributed by atoms with Crippen molar-refractivity contribution in [1.29, 1.82) is 0 Å². The van der Waals surface area contributed by atoms with Crippen LogP contribution < -0.4 is 10.6 Å². The molecule has 1 saturated carbocycles. The van der Waals surface area contributed by atoms with E-state index in [2.05, 4.69) is 10.6 Å². The highest BCUT2D eigenvalue weighted by Gasteiger charge is 2.55. The van der Waals surface area contributed by atoms with Crippen LogP contribution >= 0.6 is 0 Å². The Kier molecular flexibility index (Phi) is 6.79. The molecule has 1 fully saturated rings. The number of ether oxygens (including phenoxy) is 1. The molecule has 174 valence electrons. The van der Waals surface area contributed by atoms with Crippen LogP contribution in [-0.2, 0) is 25.7 Å². The van der Waals surface area contributed by atoms with E-state index in [1.165, 1.54) is 0 Å². The van der Waals surface area contributed by atoms with Crippen LogP contribution in [0.1, 0.15) is 49.7 Å². The summed E-state index contributed by atoms with van der Waals surface area (Å²) in [6, 6.07) is 16.9. The van der Waals surface area contributed by atoms with Crippen LogP contribution in [0, 0.1) is 5.92 Å². The van der Waals surface area contributed by atoms with Gasteiger partial charge in [0, 0.05) is 24.1 Å². The summed E-state index contributed by atoms with van der Waals surface area (Å²) in [5.41, 5.74) is 0.918. The highest BCUT2D eigenvalue weighted by molar-refractivity contribution is 6.34. The van der Waals surface area contributed by atoms with Gasteiger partial charge in [0.2, 0.25) is 5.78 Å². The van der Waals surface area contributed by atoms with E-state index in [4.69, 9.17) is 4.74 Å². The number of carboxylic acids is 1. The number of ketones is 1. The Morgan fingerprint density at radius 2 is 1.82 bits per heavy atom. The summed E-state index contributed by atoms with van der Waals surface area (Å²) < 4.78 is 5.22. The number of para-hydroxylation sites is 1. The molecule has 0 radical (unpaired) electrons. The Hall–Kier alpha value is -3.19. The molecular weight excluding hydrogens is 420 g/mol. The topological polar surface area (TPSA) is 105 Å². The van der Waals surface area contributed by atoms with Crippen LogP contribution in [0.15, 0.2) is 54.6 Å². The van der Waals surface area contributed by atoms with Gasteiger partial charge in [-0.05, 0) is 42.5 Å². The molecule has 0 bridgehead atoms. The molecule has 2 unspecified atom stereocenters. The van der Waals surface area contributed by atoms with Gasteiger partial charge in [-0.1, -0.05) is 61.9 Å². The SMILES string of the molecule is CCNC(CC(=O)C(=O)OCc1ccccc1)(C(=O)O)C1c2ccccc2N[C@@H]2CCC[C@H]12. The first-order chi connectivity index (χ1) is 16.0. The van der Waals surface area contributed by atoms with Crippen molar-refractivity contribution in [3.63, 3.8) is 0 Å². The Morgan fingerprint density at radius 3 is 2.55 bits per heavy atom. The van der Waals surface area contributed by atoms with Crippen LogP contribution in [0.5, 0.6) is 0 Å². The fourth-order valence-corrected chi connectivity index (χ4v) is 5.54. The second-order valence-electron chi connectivity index (χ2n) is 8.88. The standard InChI is InChI=1S/C26H30N2O5/c1-2-27-26(25(31)32,15-22(29)24(30)33-16-17-9-4-3-5-10-17)23-18-11-6-7-13-20(18)28-21-14-8-12-19(21)23/h3-7,9-11,13,19,21,23,27-28H,2,8,12,14-16H2,1H3,(H,31,32)/t19-,21+,23?,26?/m0/s1. The minimum Gasteiger partial charge on any atom is -0.480 e. The summed E-state index contributed by atoms with van der Waals surface area (Å²) in [4.78, 5) is 38.4. The van der Waals surface area contributed by atoms with Crippen molar-refractivity contribution in [2.45, 2.75) is 56.7 Å². The number of nitrogens with one attached hydrogen (secondary N) is 2. The number of hydrogen-bond acceptors (Lipinski definition) is 6. The highest BCUT2D eigenvalue weighted by Crippen LogP contribution is 2.51. The number of carbonyl (C=O) groups excluding carboxylic acids is 2. The lowest BCUT2D eigenvalue weighted by Crippen LogP contribution is -2.61. The molecule has 2 aliphatic rings. The normalized spacial score (nSPS) is 22.9. The third-order valence-corrected chi connectivity index (χ3v) is 6.92. The van der Waals surface area contributed by atoms with Gasteiger partial charge in [-0.25, -0.2) is 4.79 Å². The molecule has 1 aliphatic heterocycles. The Balaban J connectivity index is 1.64. The van der Waals surface area contributed by atoms with E-state index in [9.17, 15) is 19.5 Å². The fourth-order valence-electron chi connectivity index (χ4n) is 5.54. The first-order valence-electron chi connectivity index (χ1n) is 11.5. The number of benzene rings is 2. The molecule has 33 heavy (non-hydrogen) atoms. The molecule has 0 amide bonds. The van der Waals surface area contributed by atoms with Crippen LogP contribution in [0.4, 0.5) is 5.69 Å². The number of carboxylic acid groups (broad SMARTS) is 1. The first kappa shape index (κ1) is 23.0. The van der Waals surface area contributed by atoms with E-state index in [1.54, 1.807) is 12.1 Å². The van der Waals surface area contributed by atoms with Gasteiger partial charge in [-0.3, -0.25) is 9.59 Å². The molecule has 7 nitrogen and oxygen atoms in total. The molecule has 2 aromatic rings. The summed E-state index contributed by atoms with van der Waals surface area (Å²) in [5, 5.41) is 17.2. The van der Waals surface area contributed by atoms with Crippen molar-refractivity contribution in [3.8, 4) is 0 Å². The number of carbonyl (C=O) groups is 3. The fraction of sp³-hybridized carbons (Fsp3) is 0.423. The molecule has 4 atom stereocenters. The number of aliphatic carboxylic acids is 1. The zero-order valence-electron chi connectivity index (χ0n) is 18.8. The van der Waals surface area contributed by atoms with Crippen molar-refractivity contribution in [2.75, 3.05) is 11.9 Å². The van der Waals surface area contributed by atoms with E-state index in [0.717, 1.165) is 36.1 Å². The Morgan fingerprint density at radius 1 is 1.09 bits per heavy atom. The lowest BCUT2D eigenvalue weighted by atomic mass is 9.65. The molecule has 7 heteroatoms. The second-order valence-corrected chi connectivity index (χ2v) is 8.88. The van der Waals surface area contributed by atoms with Crippen molar-refractivity contribution in [1.82, 2.24) is 5.32 Å². The maximum absolute atomic E-state index is 13.0. The van der Waals surface area contributed by atoms with Gasteiger partial charge in [0.25, 0.3) is 0 Å². The molecular formula is C26H30N2O5. The number of likely N-dealkylation sites (N-methyl/N-ethyl adjacent to an activating group) is 1. The minimum atomic E-state index is -1.61. The van der Waals surface area contributed by atoms with Gasteiger partial charge >= 0.3 is 11.9 Å².